The van der Waals surface area contributed by atoms with Crippen molar-refractivity contribution in [3.8, 4) is 0 Å². The summed E-state index contributed by atoms with van der Waals surface area (Å²) in [4.78, 5) is 0. The Morgan fingerprint density at radius 3 is 2.56 bits per heavy atom. The number of β-amino-alcohol motifs (C(OH)–C–C–N with tert-alkyl or cyclic N) is 1. The van der Waals surface area contributed by atoms with Crippen molar-refractivity contribution in [3.63, 3.8) is 0 Å². The van der Waals surface area contributed by atoms with E-state index in [9.17, 15) is 5.11 Å². The first-order valence-corrected chi connectivity index (χ1v) is 6.19. The van der Waals surface area contributed by atoms with E-state index >= 15 is 0 Å². The lowest BCUT2D eigenvalue weighted by atomic mass is 10.1. The molecule has 1 aliphatic carbocycles. The Bertz CT molecular complexity index is 191. The van der Waals surface area contributed by atoms with Crippen molar-refractivity contribution >= 4 is 0 Å². The predicted molar refractivity (Wildman–Crippen MR) is 63.4 cm³/mol. The second kappa shape index (κ2) is 6.55. The van der Waals surface area contributed by atoms with Gasteiger partial charge in [0, 0.05) is 12.1 Å². The van der Waals surface area contributed by atoms with Crippen LogP contribution in [0.25, 0.3) is 0 Å². The molecule has 16 heavy (non-hydrogen) atoms. The smallest absolute Gasteiger partial charge is 0.0898 e. The molecule has 96 valence electrons. The molecule has 0 saturated heterocycles. The minimum atomic E-state index is -0.494. The molecule has 1 atom stereocenters. The van der Waals surface area contributed by atoms with E-state index in [-0.39, 0.29) is 12.1 Å². The van der Waals surface area contributed by atoms with Crippen molar-refractivity contribution in [2.24, 2.45) is 0 Å². The zero-order valence-electron chi connectivity index (χ0n) is 10.4. The largest absolute Gasteiger partial charge is 0.394 e. The van der Waals surface area contributed by atoms with Crippen LogP contribution in [0, 0.1) is 0 Å². The van der Waals surface area contributed by atoms with Crippen LogP contribution >= 0.6 is 0 Å². The van der Waals surface area contributed by atoms with Crippen LogP contribution in [0.2, 0.25) is 0 Å². The summed E-state index contributed by atoms with van der Waals surface area (Å²) in [5, 5.41) is 21.8. The zero-order valence-corrected chi connectivity index (χ0v) is 10.4. The summed E-state index contributed by atoms with van der Waals surface area (Å²) in [6, 6.07) is 0. The quantitative estimate of drug-likeness (QED) is 0.602. The zero-order chi connectivity index (χ0) is 12.0. The lowest BCUT2D eigenvalue weighted by molar-refractivity contribution is -0.00852. The van der Waals surface area contributed by atoms with Crippen LogP contribution < -0.4 is 5.32 Å². The van der Waals surface area contributed by atoms with Crippen molar-refractivity contribution in [1.29, 1.82) is 0 Å². The maximum absolute atomic E-state index is 9.70. The lowest BCUT2D eigenvalue weighted by Gasteiger charge is -2.25. The highest BCUT2D eigenvalue weighted by atomic mass is 16.5. The summed E-state index contributed by atoms with van der Waals surface area (Å²) in [6.07, 6.45) is 4.60. The Morgan fingerprint density at radius 2 is 2.00 bits per heavy atom. The first kappa shape index (κ1) is 13.9. The summed E-state index contributed by atoms with van der Waals surface area (Å²) in [5.41, 5.74) is -0.339. The van der Waals surface area contributed by atoms with E-state index in [0.717, 1.165) is 12.8 Å². The molecule has 1 aliphatic rings. The van der Waals surface area contributed by atoms with E-state index in [4.69, 9.17) is 9.84 Å². The Kier molecular flexibility index (Phi) is 5.69. The van der Waals surface area contributed by atoms with Gasteiger partial charge in [-0.1, -0.05) is 12.8 Å². The van der Waals surface area contributed by atoms with Gasteiger partial charge in [-0.25, -0.2) is 0 Å². The van der Waals surface area contributed by atoms with Gasteiger partial charge in [0.05, 0.1) is 25.4 Å². The van der Waals surface area contributed by atoms with E-state index < -0.39 is 6.10 Å². The number of hydrogen-bond donors (Lipinski definition) is 3. The van der Waals surface area contributed by atoms with Crippen LogP contribution in [0.3, 0.4) is 0 Å². The number of aliphatic hydroxyl groups is 2. The maximum atomic E-state index is 9.70. The fourth-order valence-electron chi connectivity index (χ4n) is 1.81. The molecule has 1 fully saturated rings. The standard InChI is InChI=1S/C12H25NO3/c1-12(2,9-14)13-7-10(15)8-16-11-5-3-4-6-11/h10-11,13-15H,3-9H2,1-2H3. The highest BCUT2D eigenvalue weighted by Gasteiger charge is 2.19. The minimum Gasteiger partial charge on any atom is -0.394 e. The third-order valence-corrected chi connectivity index (χ3v) is 3.04. The first-order chi connectivity index (χ1) is 7.53. The Balaban J connectivity index is 2.08. The van der Waals surface area contributed by atoms with Gasteiger partial charge in [-0.15, -0.1) is 0 Å². The fraction of sp³-hybridized carbons (Fsp3) is 1.00. The van der Waals surface area contributed by atoms with Gasteiger partial charge in [-0.3, -0.25) is 0 Å². The molecular formula is C12H25NO3. The Hall–Kier alpha value is -0.160. The van der Waals surface area contributed by atoms with E-state index in [2.05, 4.69) is 5.32 Å². The van der Waals surface area contributed by atoms with Crippen LogP contribution in [0.15, 0.2) is 0 Å². The molecule has 0 aromatic heterocycles. The van der Waals surface area contributed by atoms with Crippen LogP contribution in [0.5, 0.6) is 0 Å². The molecule has 4 heteroatoms. The first-order valence-electron chi connectivity index (χ1n) is 6.19. The summed E-state index contributed by atoms with van der Waals surface area (Å²) in [7, 11) is 0. The van der Waals surface area contributed by atoms with Crippen LogP contribution in [0.4, 0.5) is 0 Å². The predicted octanol–water partition coefficient (Wildman–Crippen LogP) is 0.667. The molecule has 1 unspecified atom stereocenters. The molecule has 0 aliphatic heterocycles. The number of nitrogens with one attached hydrogen (secondary N) is 1. The van der Waals surface area contributed by atoms with Crippen LogP contribution in [-0.2, 0) is 4.74 Å². The molecular weight excluding hydrogens is 206 g/mol. The van der Waals surface area contributed by atoms with Crippen molar-refractivity contribution < 1.29 is 14.9 Å². The number of rotatable bonds is 7. The summed E-state index contributed by atoms with van der Waals surface area (Å²) < 4.78 is 5.61. The molecule has 0 aromatic rings. The van der Waals surface area contributed by atoms with Gasteiger partial charge in [-0.2, -0.15) is 0 Å². The lowest BCUT2D eigenvalue weighted by Crippen LogP contribution is -2.47. The van der Waals surface area contributed by atoms with Gasteiger partial charge in [0.15, 0.2) is 0 Å². The fourth-order valence-corrected chi connectivity index (χ4v) is 1.81. The number of ether oxygens (including phenoxy) is 1. The minimum absolute atomic E-state index is 0.0587. The normalized spacial score (nSPS) is 20.2. The van der Waals surface area contributed by atoms with Gasteiger partial charge >= 0.3 is 0 Å². The highest BCUT2D eigenvalue weighted by molar-refractivity contribution is 4.77. The second-order valence-electron chi connectivity index (χ2n) is 5.32. The van der Waals surface area contributed by atoms with Crippen molar-refractivity contribution in [2.75, 3.05) is 19.8 Å². The summed E-state index contributed by atoms with van der Waals surface area (Å²) in [6.45, 7) is 4.71. The van der Waals surface area contributed by atoms with Crippen LogP contribution in [-0.4, -0.2) is 47.7 Å². The van der Waals surface area contributed by atoms with Crippen molar-refractivity contribution in [2.45, 2.75) is 57.3 Å². The molecule has 0 bridgehead atoms. The van der Waals surface area contributed by atoms with Crippen molar-refractivity contribution in [3.05, 3.63) is 0 Å². The third-order valence-electron chi connectivity index (χ3n) is 3.04. The SMILES string of the molecule is CC(C)(CO)NCC(O)COC1CCCC1. The van der Waals surface area contributed by atoms with Gasteiger partial charge in [0.25, 0.3) is 0 Å². The molecule has 1 saturated carbocycles. The molecule has 0 spiro atoms. The molecule has 3 N–H and O–H groups in total. The van der Waals surface area contributed by atoms with Gasteiger partial charge < -0.3 is 20.3 Å². The maximum Gasteiger partial charge on any atom is 0.0898 e. The van der Waals surface area contributed by atoms with Crippen LogP contribution in [0.1, 0.15) is 39.5 Å². The van der Waals surface area contributed by atoms with E-state index in [1.807, 2.05) is 13.8 Å². The third kappa shape index (κ3) is 5.25. The highest BCUT2D eigenvalue weighted by Crippen LogP contribution is 2.20. The Morgan fingerprint density at radius 1 is 1.38 bits per heavy atom. The average Bonchev–Trinajstić information content (AvgIpc) is 2.76. The molecule has 1 rings (SSSR count). The van der Waals surface area contributed by atoms with Crippen molar-refractivity contribution in [1.82, 2.24) is 5.32 Å². The Labute approximate surface area is 98.0 Å². The molecule has 0 amide bonds. The monoisotopic (exact) mass is 231 g/mol. The molecule has 0 aromatic carbocycles. The second-order valence-corrected chi connectivity index (χ2v) is 5.32. The number of hydrogen-bond acceptors (Lipinski definition) is 4. The van der Waals surface area contributed by atoms with Gasteiger partial charge in [0.2, 0.25) is 0 Å². The van der Waals surface area contributed by atoms with Gasteiger partial charge in [-0.05, 0) is 26.7 Å². The van der Waals surface area contributed by atoms with E-state index in [1.165, 1.54) is 12.8 Å². The molecule has 0 radical (unpaired) electrons. The van der Waals surface area contributed by atoms with E-state index in [0.29, 0.717) is 19.3 Å². The summed E-state index contributed by atoms with van der Waals surface area (Å²) in [5.74, 6) is 0. The molecule has 4 nitrogen and oxygen atoms in total. The molecule has 0 heterocycles. The summed E-state index contributed by atoms with van der Waals surface area (Å²) >= 11 is 0. The number of aliphatic hydroxyl groups excluding tert-OH is 2. The topological polar surface area (TPSA) is 61.7 Å². The average molecular weight is 231 g/mol. The van der Waals surface area contributed by atoms with Gasteiger partial charge in [0.1, 0.15) is 0 Å². The van der Waals surface area contributed by atoms with E-state index in [1.54, 1.807) is 0 Å².